The average Bonchev–Trinajstić information content (AvgIpc) is 3.27. The van der Waals surface area contributed by atoms with Gasteiger partial charge in [0.1, 0.15) is 17.3 Å². The summed E-state index contributed by atoms with van der Waals surface area (Å²) in [4.78, 5) is 26.1. The van der Waals surface area contributed by atoms with Crippen LogP contribution in [0.1, 0.15) is 37.8 Å². The van der Waals surface area contributed by atoms with Crippen molar-refractivity contribution in [3.05, 3.63) is 34.3 Å². The van der Waals surface area contributed by atoms with Crippen LogP contribution < -0.4 is 10.0 Å². The number of ketones is 1. The largest absolute Gasteiger partial charge is 0.381 e. The lowest BCUT2D eigenvalue weighted by molar-refractivity contribution is -0.122. The lowest BCUT2D eigenvalue weighted by Crippen LogP contribution is -2.32. The Balaban J connectivity index is 1.45. The number of carbonyl (C=O) groups excluding carboxylic acids is 1. The molecule has 0 unspecified atom stereocenters. The van der Waals surface area contributed by atoms with Gasteiger partial charge in [0.25, 0.3) is 0 Å². The summed E-state index contributed by atoms with van der Waals surface area (Å²) >= 11 is 12.8. The molecule has 0 spiro atoms. The Labute approximate surface area is 215 Å². The Morgan fingerprint density at radius 1 is 1.14 bits per heavy atom. The molecule has 1 saturated heterocycles. The molecular formula is C23H29Cl2N5O4S. The summed E-state index contributed by atoms with van der Waals surface area (Å²) in [5.41, 5.74) is 1.52. The second-order valence-electron chi connectivity index (χ2n) is 9.23. The molecule has 1 aliphatic carbocycles. The van der Waals surface area contributed by atoms with Gasteiger partial charge in [0, 0.05) is 55.6 Å². The number of nitrogens with one attached hydrogen (secondary N) is 2. The number of nitrogens with zero attached hydrogens (tertiary/aromatic N) is 3. The number of hydrogen-bond acceptors (Lipinski definition) is 8. The van der Waals surface area contributed by atoms with Gasteiger partial charge in [-0.05, 0) is 44.1 Å². The molecular weight excluding hydrogens is 513 g/mol. The normalized spacial score (nSPS) is 21.2. The van der Waals surface area contributed by atoms with E-state index in [2.05, 4.69) is 25.0 Å². The molecule has 2 aliphatic rings. The first-order valence-electron chi connectivity index (χ1n) is 11.7. The van der Waals surface area contributed by atoms with Gasteiger partial charge in [0.2, 0.25) is 10.0 Å². The number of Topliss-reactive ketones (excluding diaryl/α,β-unsaturated/α-hetero) is 1. The Kier molecular flexibility index (Phi) is 8.59. The van der Waals surface area contributed by atoms with E-state index in [9.17, 15) is 13.2 Å². The fourth-order valence-electron chi connectivity index (χ4n) is 4.60. The lowest BCUT2D eigenvalue weighted by atomic mass is 9.97. The molecule has 2 N–H and O–H groups in total. The third-order valence-corrected chi connectivity index (χ3v) is 7.77. The van der Waals surface area contributed by atoms with Crippen molar-refractivity contribution in [2.24, 2.45) is 11.8 Å². The van der Waals surface area contributed by atoms with E-state index in [0.29, 0.717) is 53.0 Å². The third kappa shape index (κ3) is 7.33. The minimum absolute atomic E-state index is 0.0210. The van der Waals surface area contributed by atoms with Crippen molar-refractivity contribution in [1.29, 1.82) is 0 Å². The predicted octanol–water partition coefficient (Wildman–Crippen LogP) is 3.51. The molecule has 0 radical (unpaired) electrons. The summed E-state index contributed by atoms with van der Waals surface area (Å²) in [6.45, 7) is 2.31. The lowest BCUT2D eigenvalue weighted by Gasteiger charge is -2.22. The molecule has 35 heavy (non-hydrogen) atoms. The summed E-state index contributed by atoms with van der Waals surface area (Å²) in [5, 5.41) is 3.89. The molecule has 0 aromatic carbocycles. The van der Waals surface area contributed by atoms with Crippen molar-refractivity contribution < 1.29 is 17.9 Å². The van der Waals surface area contributed by atoms with Gasteiger partial charge in [-0.1, -0.05) is 23.2 Å². The molecule has 190 valence electrons. The first kappa shape index (κ1) is 26.2. The molecule has 4 rings (SSSR count). The standard InChI is InChI=1S/C23H29Cl2N5O4S/c1-35(32,33)30-16-3-2-15(8-16)20(31)10-17-9-18(19(24)12-26-17)22-23(25)28-13-21(29-22)27-11-14-4-6-34-7-5-14/h9,12-16,30H,2-8,10-11H2,1H3,(H,27,29)/t15-,16+/m1/s1. The van der Waals surface area contributed by atoms with Crippen molar-refractivity contribution in [1.82, 2.24) is 19.7 Å². The molecule has 0 amide bonds. The van der Waals surface area contributed by atoms with E-state index in [1.165, 1.54) is 6.20 Å². The Bertz CT molecular complexity index is 1170. The van der Waals surface area contributed by atoms with E-state index in [-0.39, 0.29) is 29.3 Å². The molecule has 0 bridgehead atoms. The van der Waals surface area contributed by atoms with E-state index in [4.69, 9.17) is 27.9 Å². The Morgan fingerprint density at radius 3 is 2.66 bits per heavy atom. The minimum Gasteiger partial charge on any atom is -0.381 e. The summed E-state index contributed by atoms with van der Waals surface area (Å²) in [5.74, 6) is 0.912. The van der Waals surface area contributed by atoms with Gasteiger partial charge in [0.15, 0.2) is 5.15 Å². The zero-order chi connectivity index (χ0) is 25.0. The fourth-order valence-corrected chi connectivity index (χ4v) is 5.80. The van der Waals surface area contributed by atoms with Gasteiger partial charge in [-0.25, -0.2) is 23.1 Å². The molecule has 2 atom stereocenters. The number of sulfonamides is 1. The first-order chi connectivity index (χ1) is 16.7. The van der Waals surface area contributed by atoms with Crippen LogP contribution in [0.5, 0.6) is 0 Å². The number of rotatable bonds is 9. The van der Waals surface area contributed by atoms with Crippen LogP contribution >= 0.6 is 23.2 Å². The topological polar surface area (TPSA) is 123 Å². The molecule has 12 heteroatoms. The maximum absolute atomic E-state index is 12.9. The maximum Gasteiger partial charge on any atom is 0.208 e. The quantitative estimate of drug-likeness (QED) is 0.494. The molecule has 1 aliphatic heterocycles. The highest BCUT2D eigenvalue weighted by atomic mass is 35.5. The summed E-state index contributed by atoms with van der Waals surface area (Å²) in [6, 6.07) is 1.51. The number of aromatic nitrogens is 3. The zero-order valence-electron chi connectivity index (χ0n) is 19.5. The van der Waals surface area contributed by atoms with Crippen LogP contribution in [-0.4, -0.2) is 61.2 Å². The Morgan fingerprint density at radius 2 is 1.91 bits per heavy atom. The molecule has 1 saturated carbocycles. The second kappa shape index (κ2) is 11.5. The number of anilines is 1. The predicted molar refractivity (Wildman–Crippen MR) is 135 cm³/mol. The van der Waals surface area contributed by atoms with Crippen LogP contribution in [0.3, 0.4) is 0 Å². The molecule has 9 nitrogen and oxygen atoms in total. The van der Waals surface area contributed by atoms with Crippen LogP contribution in [-0.2, 0) is 26.0 Å². The van der Waals surface area contributed by atoms with Crippen LogP contribution in [0.15, 0.2) is 18.5 Å². The Hall–Kier alpha value is -1.85. The highest BCUT2D eigenvalue weighted by Crippen LogP contribution is 2.33. The zero-order valence-corrected chi connectivity index (χ0v) is 21.8. The van der Waals surface area contributed by atoms with Gasteiger partial charge >= 0.3 is 0 Å². The van der Waals surface area contributed by atoms with Crippen molar-refractivity contribution in [3.63, 3.8) is 0 Å². The number of pyridine rings is 1. The van der Waals surface area contributed by atoms with Crippen LogP contribution in [0, 0.1) is 11.8 Å². The van der Waals surface area contributed by atoms with Crippen molar-refractivity contribution in [3.8, 4) is 11.3 Å². The molecule has 2 fully saturated rings. The minimum atomic E-state index is -3.30. The van der Waals surface area contributed by atoms with Gasteiger partial charge in [-0.3, -0.25) is 9.78 Å². The monoisotopic (exact) mass is 541 g/mol. The maximum atomic E-state index is 12.9. The van der Waals surface area contributed by atoms with Crippen LogP contribution in [0.4, 0.5) is 5.82 Å². The van der Waals surface area contributed by atoms with Gasteiger partial charge in [-0.15, -0.1) is 0 Å². The average molecular weight is 542 g/mol. The highest BCUT2D eigenvalue weighted by Gasteiger charge is 2.31. The summed E-state index contributed by atoms with van der Waals surface area (Å²) in [7, 11) is -3.30. The summed E-state index contributed by atoms with van der Waals surface area (Å²) < 4.78 is 31.0. The van der Waals surface area contributed by atoms with E-state index in [0.717, 1.165) is 38.9 Å². The first-order valence-corrected chi connectivity index (χ1v) is 14.3. The highest BCUT2D eigenvalue weighted by molar-refractivity contribution is 7.88. The van der Waals surface area contributed by atoms with Gasteiger partial charge in [-0.2, -0.15) is 0 Å². The van der Waals surface area contributed by atoms with Crippen LogP contribution in [0.25, 0.3) is 11.3 Å². The second-order valence-corrected chi connectivity index (χ2v) is 11.8. The van der Waals surface area contributed by atoms with Gasteiger partial charge < -0.3 is 10.1 Å². The number of carbonyl (C=O) groups is 1. The van der Waals surface area contributed by atoms with E-state index >= 15 is 0 Å². The smallest absolute Gasteiger partial charge is 0.208 e. The van der Waals surface area contributed by atoms with E-state index in [1.807, 2.05) is 0 Å². The SMILES string of the molecule is CS(=O)(=O)N[C@H]1CC[C@@H](C(=O)Cc2cc(-c3nc(NCC4CCOCC4)cnc3Cl)c(Cl)cn2)C1. The van der Waals surface area contributed by atoms with Crippen molar-refractivity contribution in [2.45, 2.75) is 44.6 Å². The number of ether oxygens (including phenoxy) is 1. The fraction of sp³-hybridized carbons (Fsp3) is 0.565. The van der Waals surface area contributed by atoms with E-state index in [1.54, 1.807) is 12.3 Å². The molecule has 2 aromatic heterocycles. The number of hydrogen-bond donors (Lipinski definition) is 2. The molecule has 3 heterocycles. The molecule has 2 aromatic rings. The van der Waals surface area contributed by atoms with E-state index < -0.39 is 10.0 Å². The number of halogens is 2. The summed E-state index contributed by atoms with van der Waals surface area (Å²) in [6.07, 6.45) is 8.10. The van der Waals surface area contributed by atoms with Crippen molar-refractivity contribution >= 4 is 44.8 Å². The van der Waals surface area contributed by atoms with Crippen LogP contribution in [0.2, 0.25) is 10.2 Å². The third-order valence-electron chi connectivity index (χ3n) is 6.43. The van der Waals surface area contributed by atoms with Gasteiger partial charge in [0.05, 0.1) is 17.5 Å². The van der Waals surface area contributed by atoms with Crippen molar-refractivity contribution in [2.75, 3.05) is 31.3 Å².